The number of carbonyl (C=O) groups is 2. The van der Waals surface area contributed by atoms with Crippen molar-refractivity contribution in [2.24, 2.45) is 5.73 Å². The van der Waals surface area contributed by atoms with E-state index in [1.807, 2.05) is 31.2 Å². The summed E-state index contributed by atoms with van der Waals surface area (Å²) in [7, 11) is 0. The van der Waals surface area contributed by atoms with Crippen molar-refractivity contribution < 1.29 is 18.4 Å². The Balaban J connectivity index is 2.01. The van der Waals surface area contributed by atoms with Crippen LogP contribution >= 0.6 is 0 Å². The molecule has 2 aromatic rings. The Morgan fingerprint density at radius 3 is 2.25 bits per heavy atom. The van der Waals surface area contributed by atoms with Gasteiger partial charge in [-0.1, -0.05) is 35.9 Å². The fraction of sp³-hybridized carbons (Fsp3) is 0.222. The molecule has 6 heteroatoms. The summed E-state index contributed by atoms with van der Waals surface area (Å²) in [6.45, 7) is 1.94. The molecule has 2 rings (SSSR count). The number of hydrogen-bond donors (Lipinski definition) is 2. The summed E-state index contributed by atoms with van der Waals surface area (Å²) in [6, 6.07) is 9.86. The minimum Gasteiger partial charge on any atom is -0.368 e. The van der Waals surface area contributed by atoms with Crippen LogP contribution in [0.5, 0.6) is 0 Å². The lowest BCUT2D eigenvalue weighted by molar-refractivity contribution is -0.127. The van der Waals surface area contributed by atoms with E-state index >= 15 is 0 Å². The lowest BCUT2D eigenvalue weighted by Gasteiger charge is -2.16. The molecule has 126 valence electrons. The molecule has 0 saturated heterocycles. The van der Waals surface area contributed by atoms with Crippen LogP contribution in [0.2, 0.25) is 0 Å². The fourth-order valence-corrected chi connectivity index (χ4v) is 2.26. The van der Waals surface area contributed by atoms with Crippen LogP contribution < -0.4 is 11.1 Å². The van der Waals surface area contributed by atoms with E-state index < -0.39 is 29.5 Å². The maximum Gasteiger partial charge on any atom is 0.240 e. The first kappa shape index (κ1) is 17.6. The highest BCUT2D eigenvalue weighted by Crippen LogP contribution is 2.10. The van der Waals surface area contributed by atoms with Gasteiger partial charge < -0.3 is 11.1 Å². The Hall–Kier alpha value is -2.76. The largest absolute Gasteiger partial charge is 0.368 e. The van der Waals surface area contributed by atoms with Crippen LogP contribution in [0.15, 0.2) is 42.5 Å². The first-order valence-electron chi connectivity index (χ1n) is 7.43. The molecular weight excluding hydrogens is 314 g/mol. The molecule has 24 heavy (non-hydrogen) atoms. The van der Waals surface area contributed by atoms with Crippen molar-refractivity contribution in [1.82, 2.24) is 5.32 Å². The quantitative estimate of drug-likeness (QED) is 0.849. The number of hydrogen-bond acceptors (Lipinski definition) is 2. The van der Waals surface area contributed by atoms with Gasteiger partial charge in [-0.2, -0.15) is 0 Å². The van der Waals surface area contributed by atoms with E-state index in [1.165, 1.54) is 6.07 Å². The summed E-state index contributed by atoms with van der Waals surface area (Å²) in [5.41, 5.74) is 7.59. The van der Waals surface area contributed by atoms with E-state index in [9.17, 15) is 18.4 Å². The Morgan fingerprint density at radius 1 is 1.04 bits per heavy atom. The number of carbonyl (C=O) groups excluding carboxylic acids is 2. The van der Waals surface area contributed by atoms with E-state index in [2.05, 4.69) is 5.32 Å². The summed E-state index contributed by atoms with van der Waals surface area (Å²) in [4.78, 5) is 23.6. The van der Waals surface area contributed by atoms with Crippen LogP contribution in [0.3, 0.4) is 0 Å². The van der Waals surface area contributed by atoms with E-state index in [0.717, 1.165) is 23.3 Å². The van der Waals surface area contributed by atoms with Crippen molar-refractivity contribution in [3.63, 3.8) is 0 Å². The standard InChI is InChI=1S/C18H18F2N2O2/c1-11-2-4-12(5-3-11)9-16(18(21)24)22-17(23)10-13-6-7-14(19)15(20)8-13/h2-8,16H,9-10H2,1H3,(H2,21,24)(H,22,23)/t16-/m1/s1. The molecule has 2 aromatic carbocycles. The number of nitrogens with two attached hydrogens (primary N) is 1. The van der Waals surface area contributed by atoms with Crippen molar-refractivity contribution >= 4 is 11.8 Å². The van der Waals surface area contributed by atoms with E-state index in [1.54, 1.807) is 0 Å². The molecule has 4 nitrogen and oxygen atoms in total. The molecule has 0 fully saturated rings. The molecule has 0 radical (unpaired) electrons. The smallest absolute Gasteiger partial charge is 0.240 e. The summed E-state index contributed by atoms with van der Waals surface area (Å²) in [5, 5.41) is 2.53. The Kier molecular flexibility index (Phi) is 5.63. The van der Waals surface area contributed by atoms with Gasteiger partial charge >= 0.3 is 0 Å². The number of benzene rings is 2. The lowest BCUT2D eigenvalue weighted by Crippen LogP contribution is -2.46. The number of aryl methyl sites for hydroxylation is 1. The second kappa shape index (κ2) is 7.68. The molecule has 0 aliphatic carbocycles. The highest BCUT2D eigenvalue weighted by molar-refractivity contribution is 5.87. The van der Waals surface area contributed by atoms with Crippen LogP contribution in [-0.4, -0.2) is 17.9 Å². The number of halogens is 2. The van der Waals surface area contributed by atoms with Crippen LogP contribution in [0.1, 0.15) is 16.7 Å². The van der Waals surface area contributed by atoms with Crippen LogP contribution in [-0.2, 0) is 22.4 Å². The molecule has 0 spiro atoms. The van der Waals surface area contributed by atoms with Gasteiger partial charge in [0.2, 0.25) is 11.8 Å². The maximum absolute atomic E-state index is 13.2. The average Bonchev–Trinajstić information content (AvgIpc) is 2.52. The van der Waals surface area contributed by atoms with Crippen molar-refractivity contribution in [2.75, 3.05) is 0 Å². The maximum atomic E-state index is 13.2. The normalized spacial score (nSPS) is 11.8. The third-order valence-corrected chi connectivity index (χ3v) is 3.59. The van der Waals surface area contributed by atoms with Crippen molar-refractivity contribution in [3.05, 3.63) is 70.8 Å². The number of rotatable bonds is 6. The highest BCUT2D eigenvalue weighted by Gasteiger charge is 2.19. The second-order valence-corrected chi connectivity index (χ2v) is 5.64. The first-order valence-corrected chi connectivity index (χ1v) is 7.43. The number of amides is 2. The molecule has 2 amide bonds. The minimum absolute atomic E-state index is 0.172. The Labute approximate surface area is 138 Å². The van der Waals surface area contributed by atoms with Gasteiger partial charge in [0, 0.05) is 6.42 Å². The van der Waals surface area contributed by atoms with E-state index in [4.69, 9.17) is 5.73 Å². The van der Waals surface area contributed by atoms with Crippen LogP contribution in [0.25, 0.3) is 0 Å². The molecule has 1 atom stereocenters. The highest BCUT2D eigenvalue weighted by atomic mass is 19.2. The average molecular weight is 332 g/mol. The van der Waals surface area contributed by atoms with E-state index in [0.29, 0.717) is 5.56 Å². The van der Waals surface area contributed by atoms with Gasteiger partial charge in [0.05, 0.1) is 6.42 Å². The van der Waals surface area contributed by atoms with Gasteiger partial charge in [-0.15, -0.1) is 0 Å². The topological polar surface area (TPSA) is 72.2 Å². The van der Waals surface area contributed by atoms with Crippen molar-refractivity contribution in [3.8, 4) is 0 Å². The summed E-state index contributed by atoms with van der Waals surface area (Å²) < 4.78 is 26.0. The van der Waals surface area contributed by atoms with E-state index in [-0.39, 0.29) is 12.8 Å². The SMILES string of the molecule is Cc1ccc(C[C@@H](NC(=O)Cc2ccc(F)c(F)c2)C(N)=O)cc1. The molecule has 3 N–H and O–H groups in total. The zero-order chi connectivity index (χ0) is 17.7. The van der Waals surface area contributed by atoms with Crippen LogP contribution in [0.4, 0.5) is 8.78 Å². The molecule has 0 saturated carbocycles. The van der Waals surface area contributed by atoms with Gasteiger partial charge in [-0.3, -0.25) is 9.59 Å². The first-order chi connectivity index (χ1) is 11.3. The minimum atomic E-state index is -1.02. The van der Waals surface area contributed by atoms with Crippen LogP contribution in [0, 0.1) is 18.6 Å². The van der Waals surface area contributed by atoms with Gasteiger partial charge in [0.15, 0.2) is 11.6 Å². The van der Waals surface area contributed by atoms with Crippen molar-refractivity contribution in [1.29, 1.82) is 0 Å². The Bertz CT molecular complexity index is 745. The molecule has 0 unspecified atom stereocenters. The van der Waals surface area contributed by atoms with Gasteiger partial charge in [-0.25, -0.2) is 8.78 Å². The van der Waals surface area contributed by atoms with Crippen molar-refractivity contribution in [2.45, 2.75) is 25.8 Å². The summed E-state index contributed by atoms with van der Waals surface area (Å²) in [6.07, 6.45) is 0.0913. The molecule has 0 aliphatic rings. The second-order valence-electron chi connectivity index (χ2n) is 5.64. The monoisotopic (exact) mass is 332 g/mol. The third kappa shape index (κ3) is 4.87. The molecular formula is C18H18F2N2O2. The van der Waals surface area contributed by atoms with Gasteiger partial charge in [0.25, 0.3) is 0 Å². The predicted molar refractivity (Wildman–Crippen MR) is 86.1 cm³/mol. The molecule has 0 heterocycles. The number of nitrogens with one attached hydrogen (secondary N) is 1. The summed E-state index contributed by atoms with van der Waals surface area (Å²) in [5.74, 6) is -3.15. The molecule has 0 aliphatic heterocycles. The zero-order valence-electron chi connectivity index (χ0n) is 13.2. The molecule has 0 aromatic heterocycles. The summed E-state index contributed by atoms with van der Waals surface area (Å²) >= 11 is 0. The molecule has 0 bridgehead atoms. The zero-order valence-corrected chi connectivity index (χ0v) is 13.2. The van der Waals surface area contributed by atoms with Gasteiger partial charge in [0.1, 0.15) is 6.04 Å². The predicted octanol–water partition coefficient (Wildman–Crippen LogP) is 2.03. The Morgan fingerprint density at radius 2 is 1.67 bits per heavy atom. The lowest BCUT2D eigenvalue weighted by atomic mass is 10.0. The third-order valence-electron chi connectivity index (χ3n) is 3.59. The number of primary amides is 1. The fourth-order valence-electron chi connectivity index (χ4n) is 2.26. The van der Waals surface area contributed by atoms with Gasteiger partial charge in [-0.05, 0) is 30.2 Å².